The molecule has 2 aromatic carbocycles. The van der Waals surface area contributed by atoms with Crippen LogP contribution in [0.4, 0.5) is 0 Å². The van der Waals surface area contributed by atoms with E-state index >= 15 is 0 Å². The molecule has 3 nitrogen and oxygen atoms in total. The Bertz CT molecular complexity index is 494. The molecule has 0 saturated carbocycles. The van der Waals surface area contributed by atoms with Crippen LogP contribution < -0.4 is 14.2 Å². The molecule has 1 aliphatic rings. The summed E-state index contributed by atoms with van der Waals surface area (Å²) in [6, 6.07) is 15.8. The van der Waals surface area contributed by atoms with Crippen LogP contribution in [0.1, 0.15) is 0 Å². The second kappa shape index (κ2) is 3.77. The molecule has 0 fully saturated rings. The van der Waals surface area contributed by atoms with Crippen LogP contribution in [-0.4, -0.2) is 6.79 Å². The van der Waals surface area contributed by atoms with E-state index in [2.05, 4.69) is 6.07 Å². The van der Waals surface area contributed by atoms with Gasteiger partial charge in [0.2, 0.25) is 6.79 Å². The van der Waals surface area contributed by atoms with Gasteiger partial charge in [0, 0.05) is 6.07 Å². The molecule has 0 aliphatic carbocycles. The van der Waals surface area contributed by atoms with Gasteiger partial charge in [-0.25, -0.2) is 0 Å². The summed E-state index contributed by atoms with van der Waals surface area (Å²) in [6.07, 6.45) is 0. The van der Waals surface area contributed by atoms with Crippen LogP contribution >= 0.6 is 0 Å². The Hall–Kier alpha value is -2.16. The molecule has 79 valence electrons. The van der Waals surface area contributed by atoms with Gasteiger partial charge in [0.1, 0.15) is 11.5 Å². The molecule has 16 heavy (non-hydrogen) atoms. The Kier molecular flexibility index (Phi) is 2.14. The average Bonchev–Trinajstić information content (AvgIpc) is 2.77. The van der Waals surface area contributed by atoms with Gasteiger partial charge in [-0.2, -0.15) is 0 Å². The summed E-state index contributed by atoms with van der Waals surface area (Å²) in [7, 11) is 0. The molecule has 0 atom stereocenters. The highest BCUT2D eigenvalue weighted by Gasteiger charge is 2.13. The molecule has 0 amide bonds. The number of rotatable bonds is 2. The van der Waals surface area contributed by atoms with Crippen LogP contribution in [0.2, 0.25) is 0 Å². The normalized spacial score (nSPS) is 12.5. The Morgan fingerprint density at radius 1 is 1.06 bits per heavy atom. The van der Waals surface area contributed by atoms with Crippen molar-refractivity contribution >= 4 is 0 Å². The molecule has 0 N–H and O–H groups in total. The first kappa shape index (κ1) is 9.09. The SMILES string of the molecule is [c]1cccc(Oc2ccc3c(c2)OCO3)c1. The summed E-state index contributed by atoms with van der Waals surface area (Å²) in [5.41, 5.74) is 0. The monoisotopic (exact) mass is 213 g/mol. The molecular formula is C13H9O3. The first-order valence-corrected chi connectivity index (χ1v) is 4.95. The predicted molar refractivity (Wildman–Crippen MR) is 57.9 cm³/mol. The third-order valence-electron chi connectivity index (χ3n) is 2.26. The van der Waals surface area contributed by atoms with E-state index in [1.807, 2.05) is 36.4 Å². The van der Waals surface area contributed by atoms with Crippen molar-refractivity contribution in [3.63, 3.8) is 0 Å². The molecule has 0 aromatic heterocycles. The smallest absolute Gasteiger partial charge is 0.231 e. The second-order valence-electron chi connectivity index (χ2n) is 3.36. The topological polar surface area (TPSA) is 27.7 Å². The molecular weight excluding hydrogens is 204 g/mol. The zero-order valence-electron chi connectivity index (χ0n) is 8.47. The minimum absolute atomic E-state index is 0.276. The van der Waals surface area contributed by atoms with Gasteiger partial charge in [0.15, 0.2) is 11.5 Å². The number of benzene rings is 2. The fourth-order valence-electron chi connectivity index (χ4n) is 1.52. The van der Waals surface area contributed by atoms with Crippen molar-refractivity contribution < 1.29 is 14.2 Å². The summed E-state index contributed by atoms with van der Waals surface area (Å²) < 4.78 is 16.1. The van der Waals surface area contributed by atoms with Gasteiger partial charge >= 0.3 is 0 Å². The van der Waals surface area contributed by atoms with Crippen LogP contribution in [0.25, 0.3) is 0 Å². The Morgan fingerprint density at radius 2 is 2.00 bits per heavy atom. The maximum atomic E-state index is 5.64. The summed E-state index contributed by atoms with van der Waals surface area (Å²) in [5, 5.41) is 0. The minimum Gasteiger partial charge on any atom is -0.457 e. The van der Waals surface area contributed by atoms with E-state index in [4.69, 9.17) is 14.2 Å². The standard InChI is InChI=1S/C13H9O3/c1-2-4-10(5-3-1)16-11-6-7-12-13(8-11)15-9-14-12/h1-2,4-8H,9H2. The van der Waals surface area contributed by atoms with Crippen molar-refractivity contribution in [3.05, 3.63) is 48.5 Å². The molecule has 0 unspecified atom stereocenters. The van der Waals surface area contributed by atoms with E-state index in [0.29, 0.717) is 0 Å². The molecule has 1 aliphatic heterocycles. The Balaban J connectivity index is 1.86. The van der Waals surface area contributed by atoms with E-state index in [0.717, 1.165) is 23.0 Å². The summed E-state index contributed by atoms with van der Waals surface area (Å²) >= 11 is 0. The van der Waals surface area contributed by atoms with Gasteiger partial charge < -0.3 is 14.2 Å². The van der Waals surface area contributed by atoms with Crippen molar-refractivity contribution in [2.45, 2.75) is 0 Å². The quantitative estimate of drug-likeness (QED) is 0.767. The van der Waals surface area contributed by atoms with Crippen molar-refractivity contribution in [1.29, 1.82) is 0 Å². The van der Waals surface area contributed by atoms with E-state index in [1.165, 1.54) is 0 Å². The lowest BCUT2D eigenvalue weighted by atomic mass is 10.3. The highest BCUT2D eigenvalue weighted by molar-refractivity contribution is 5.47. The maximum absolute atomic E-state index is 5.64. The van der Waals surface area contributed by atoms with E-state index < -0.39 is 0 Å². The lowest BCUT2D eigenvalue weighted by Gasteiger charge is -2.05. The van der Waals surface area contributed by atoms with Gasteiger partial charge in [-0.3, -0.25) is 0 Å². The first-order chi connectivity index (χ1) is 7.92. The number of ether oxygens (including phenoxy) is 3. The van der Waals surface area contributed by atoms with Crippen molar-refractivity contribution in [2.24, 2.45) is 0 Å². The van der Waals surface area contributed by atoms with Crippen LogP contribution in [0.15, 0.2) is 42.5 Å². The van der Waals surface area contributed by atoms with Gasteiger partial charge in [-0.1, -0.05) is 12.1 Å². The van der Waals surface area contributed by atoms with Crippen molar-refractivity contribution in [2.75, 3.05) is 6.79 Å². The Labute approximate surface area is 93.2 Å². The zero-order chi connectivity index (χ0) is 10.8. The summed E-state index contributed by atoms with van der Waals surface area (Å²) in [5.74, 6) is 2.95. The lowest BCUT2D eigenvalue weighted by molar-refractivity contribution is 0.174. The van der Waals surface area contributed by atoms with E-state index in [-0.39, 0.29) is 6.79 Å². The molecule has 2 aromatic rings. The molecule has 1 heterocycles. The molecule has 0 spiro atoms. The number of hydrogen-bond donors (Lipinski definition) is 0. The summed E-state index contributed by atoms with van der Waals surface area (Å²) in [4.78, 5) is 0. The third kappa shape index (κ3) is 1.67. The van der Waals surface area contributed by atoms with Crippen LogP contribution in [0, 0.1) is 6.07 Å². The van der Waals surface area contributed by atoms with E-state index in [9.17, 15) is 0 Å². The molecule has 0 saturated heterocycles. The summed E-state index contributed by atoms with van der Waals surface area (Å²) in [6.45, 7) is 0.276. The third-order valence-corrected chi connectivity index (χ3v) is 2.26. The van der Waals surface area contributed by atoms with Crippen LogP contribution in [-0.2, 0) is 0 Å². The van der Waals surface area contributed by atoms with Gasteiger partial charge in [0.25, 0.3) is 0 Å². The fourth-order valence-corrected chi connectivity index (χ4v) is 1.52. The first-order valence-electron chi connectivity index (χ1n) is 4.95. The predicted octanol–water partition coefficient (Wildman–Crippen LogP) is 3.01. The number of hydrogen-bond acceptors (Lipinski definition) is 3. The lowest BCUT2D eigenvalue weighted by Crippen LogP contribution is -1.92. The average molecular weight is 213 g/mol. The van der Waals surface area contributed by atoms with Crippen molar-refractivity contribution in [1.82, 2.24) is 0 Å². The highest BCUT2D eigenvalue weighted by Crippen LogP contribution is 2.36. The second-order valence-corrected chi connectivity index (χ2v) is 3.36. The van der Waals surface area contributed by atoms with E-state index in [1.54, 1.807) is 6.07 Å². The molecule has 3 heteroatoms. The van der Waals surface area contributed by atoms with Crippen LogP contribution in [0.3, 0.4) is 0 Å². The minimum atomic E-state index is 0.276. The fraction of sp³-hybridized carbons (Fsp3) is 0.0769. The Morgan fingerprint density at radius 3 is 2.88 bits per heavy atom. The molecule has 0 bridgehead atoms. The molecule has 1 radical (unpaired) electrons. The van der Waals surface area contributed by atoms with Gasteiger partial charge in [-0.15, -0.1) is 0 Å². The number of fused-ring (bicyclic) bond motifs is 1. The highest BCUT2D eigenvalue weighted by atomic mass is 16.7. The van der Waals surface area contributed by atoms with Gasteiger partial charge in [-0.05, 0) is 30.3 Å². The van der Waals surface area contributed by atoms with Gasteiger partial charge in [0.05, 0.1) is 0 Å². The zero-order valence-corrected chi connectivity index (χ0v) is 8.47. The van der Waals surface area contributed by atoms with Crippen molar-refractivity contribution in [3.8, 4) is 23.0 Å². The maximum Gasteiger partial charge on any atom is 0.231 e. The molecule has 3 rings (SSSR count). The van der Waals surface area contributed by atoms with Crippen LogP contribution in [0.5, 0.6) is 23.0 Å². The largest absolute Gasteiger partial charge is 0.457 e.